The molecule has 7 heteroatoms. The second-order valence-electron chi connectivity index (χ2n) is 3.86. The van der Waals surface area contributed by atoms with Gasteiger partial charge in [-0.05, 0) is 12.8 Å². The molecule has 1 fully saturated rings. The largest absolute Gasteiger partial charge is 0.480 e. The van der Waals surface area contributed by atoms with E-state index in [4.69, 9.17) is 9.84 Å². The number of aliphatic carboxylic acids is 1. The maximum atomic E-state index is 11.4. The number of hydrogen-bond acceptors (Lipinski definition) is 4. The molecule has 2 amide bonds. The van der Waals surface area contributed by atoms with Crippen molar-refractivity contribution in [1.82, 2.24) is 15.8 Å². The fourth-order valence-electron chi connectivity index (χ4n) is 1.59. The van der Waals surface area contributed by atoms with Gasteiger partial charge in [0.15, 0.2) is 0 Å². The molecule has 0 aromatic heterocycles. The van der Waals surface area contributed by atoms with Crippen LogP contribution in [0.4, 0.5) is 4.79 Å². The molecule has 1 heterocycles. The normalized spacial score (nSPS) is 16.5. The zero-order valence-electron chi connectivity index (χ0n) is 9.78. The molecule has 0 aromatic carbocycles. The summed E-state index contributed by atoms with van der Waals surface area (Å²) in [7, 11) is 0. The molecular formula is C10H19N3O4. The van der Waals surface area contributed by atoms with E-state index in [-0.39, 0.29) is 19.2 Å². The molecule has 0 aliphatic carbocycles. The van der Waals surface area contributed by atoms with Crippen LogP contribution in [0.5, 0.6) is 0 Å². The van der Waals surface area contributed by atoms with Crippen LogP contribution < -0.4 is 10.7 Å². The average Bonchev–Trinajstić information content (AvgIpc) is 2.29. The molecule has 0 atom stereocenters. The van der Waals surface area contributed by atoms with Crippen LogP contribution >= 0.6 is 0 Å². The molecule has 1 aliphatic heterocycles. The van der Waals surface area contributed by atoms with Gasteiger partial charge < -0.3 is 15.2 Å². The molecule has 0 radical (unpaired) electrons. The van der Waals surface area contributed by atoms with Gasteiger partial charge in [0.05, 0.1) is 6.61 Å². The summed E-state index contributed by atoms with van der Waals surface area (Å²) in [4.78, 5) is 21.5. The summed E-state index contributed by atoms with van der Waals surface area (Å²) in [6, 6.07) is -0.272. The van der Waals surface area contributed by atoms with Gasteiger partial charge in [-0.3, -0.25) is 5.43 Å². The summed E-state index contributed by atoms with van der Waals surface area (Å²) in [5.74, 6) is -1.01. The zero-order valence-corrected chi connectivity index (χ0v) is 9.78. The van der Waals surface area contributed by atoms with Gasteiger partial charge >= 0.3 is 12.0 Å². The Morgan fingerprint density at radius 1 is 1.24 bits per heavy atom. The Morgan fingerprint density at radius 3 is 2.59 bits per heavy atom. The molecule has 1 aliphatic rings. The van der Waals surface area contributed by atoms with Gasteiger partial charge in [0.1, 0.15) is 6.61 Å². The molecule has 3 N–H and O–H groups in total. The molecule has 98 valence electrons. The van der Waals surface area contributed by atoms with E-state index >= 15 is 0 Å². The number of carbonyl (C=O) groups excluding carboxylic acids is 1. The number of hydrogen-bond donors (Lipinski definition) is 3. The quantitative estimate of drug-likeness (QED) is 0.563. The number of nitrogens with one attached hydrogen (secondary N) is 2. The molecule has 0 saturated carbocycles. The number of hydrazine groups is 1. The lowest BCUT2D eigenvalue weighted by molar-refractivity contribution is -0.142. The molecule has 7 nitrogen and oxygen atoms in total. The van der Waals surface area contributed by atoms with Crippen molar-refractivity contribution in [2.45, 2.75) is 19.3 Å². The van der Waals surface area contributed by atoms with E-state index < -0.39 is 5.97 Å². The summed E-state index contributed by atoms with van der Waals surface area (Å²) >= 11 is 0. The third-order valence-electron chi connectivity index (χ3n) is 2.37. The van der Waals surface area contributed by atoms with E-state index in [2.05, 4.69) is 10.7 Å². The van der Waals surface area contributed by atoms with Gasteiger partial charge in [0.25, 0.3) is 0 Å². The Balaban J connectivity index is 1.98. The highest BCUT2D eigenvalue weighted by atomic mass is 16.5. The number of ether oxygens (including phenoxy) is 1. The Labute approximate surface area is 100 Å². The van der Waals surface area contributed by atoms with Crippen LogP contribution in [0.2, 0.25) is 0 Å². The second-order valence-corrected chi connectivity index (χ2v) is 3.86. The lowest BCUT2D eigenvalue weighted by Gasteiger charge is -2.26. The highest BCUT2D eigenvalue weighted by Gasteiger charge is 2.11. The predicted molar refractivity (Wildman–Crippen MR) is 60.4 cm³/mol. The maximum absolute atomic E-state index is 11.4. The number of piperidine rings is 1. The van der Waals surface area contributed by atoms with Crippen molar-refractivity contribution < 1.29 is 19.4 Å². The number of carbonyl (C=O) groups is 2. The van der Waals surface area contributed by atoms with E-state index in [0.717, 1.165) is 25.9 Å². The smallest absolute Gasteiger partial charge is 0.329 e. The van der Waals surface area contributed by atoms with Crippen LogP contribution in [-0.4, -0.2) is 55.0 Å². The number of amides is 2. The molecule has 0 unspecified atom stereocenters. The van der Waals surface area contributed by atoms with Crippen molar-refractivity contribution in [2.75, 3.05) is 32.8 Å². The summed E-state index contributed by atoms with van der Waals surface area (Å²) in [6.07, 6.45) is 3.41. The third kappa shape index (κ3) is 6.75. The van der Waals surface area contributed by atoms with Crippen molar-refractivity contribution in [1.29, 1.82) is 0 Å². The maximum Gasteiger partial charge on any atom is 0.329 e. The predicted octanol–water partition coefficient (Wildman–Crippen LogP) is -0.212. The molecule has 0 aromatic rings. The molecule has 1 rings (SSSR count). The van der Waals surface area contributed by atoms with Crippen LogP contribution in [0.25, 0.3) is 0 Å². The molecular weight excluding hydrogens is 226 g/mol. The lowest BCUT2D eigenvalue weighted by Crippen LogP contribution is -2.49. The first-order valence-electron chi connectivity index (χ1n) is 5.77. The number of nitrogens with zero attached hydrogens (tertiary/aromatic N) is 1. The van der Waals surface area contributed by atoms with Gasteiger partial charge in [-0.15, -0.1) is 0 Å². The first-order chi connectivity index (χ1) is 8.18. The van der Waals surface area contributed by atoms with E-state index in [1.807, 2.05) is 5.01 Å². The second kappa shape index (κ2) is 7.86. The van der Waals surface area contributed by atoms with Crippen LogP contribution in [0, 0.1) is 0 Å². The Bertz CT molecular complexity index is 254. The molecule has 1 saturated heterocycles. The number of rotatable bonds is 6. The minimum Gasteiger partial charge on any atom is -0.480 e. The number of carboxylic acids is 1. The Hall–Kier alpha value is -1.34. The van der Waals surface area contributed by atoms with E-state index in [0.29, 0.717) is 6.54 Å². The van der Waals surface area contributed by atoms with Crippen molar-refractivity contribution >= 4 is 12.0 Å². The first kappa shape index (κ1) is 13.7. The van der Waals surface area contributed by atoms with E-state index in [1.54, 1.807) is 0 Å². The number of urea groups is 1. The van der Waals surface area contributed by atoms with Crippen LogP contribution in [0.3, 0.4) is 0 Å². The van der Waals surface area contributed by atoms with Gasteiger partial charge in [0, 0.05) is 19.6 Å². The van der Waals surface area contributed by atoms with Crippen molar-refractivity contribution in [3.8, 4) is 0 Å². The molecule has 0 spiro atoms. The first-order valence-corrected chi connectivity index (χ1v) is 5.77. The summed E-state index contributed by atoms with van der Waals surface area (Å²) in [5, 5.41) is 12.8. The van der Waals surface area contributed by atoms with Crippen molar-refractivity contribution in [2.24, 2.45) is 0 Å². The molecule has 17 heavy (non-hydrogen) atoms. The summed E-state index contributed by atoms with van der Waals surface area (Å²) < 4.78 is 4.78. The lowest BCUT2D eigenvalue weighted by atomic mass is 10.2. The topological polar surface area (TPSA) is 90.9 Å². The van der Waals surface area contributed by atoms with E-state index in [9.17, 15) is 9.59 Å². The van der Waals surface area contributed by atoms with Crippen molar-refractivity contribution in [3.05, 3.63) is 0 Å². The van der Waals surface area contributed by atoms with Crippen LogP contribution in [0.15, 0.2) is 0 Å². The van der Waals surface area contributed by atoms with E-state index in [1.165, 1.54) is 6.42 Å². The third-order valence-corrected chi connectivity index (χ3v) is 2.37. The monoisotopic (exact) mass is 245 g/mol. The zero-order chi connectivity index (χ0) is 12.5. The fourth-order valence-corrected chi connectivity index (χ4v) is 1.59. The fraction of sp³-hybridized carbons (Fsp3) is 0.800. The summed E-state index contributed by atoms with van der Waals surface area (Å²) in [5.41, 5.74) is 2.73. The minimum absolute atomic E-state index is 0.194. The van der Waals surface area contributed by atoms with Crippen LogP contribution in [0.1, 0.15) is 19.3 Å². The standard InChI is InChI=1S/C10H19N3O4/c14-9(15)8-17-7-4-11-10(16)12-13-5-2-1-3-6-13/h1-8H2,(H,14,15)(H2,11,12,16). The average molecular weight is 245 g/mol. The Kier molecular flexibility index (Phi) is 6.34. The Morgan fingerprint density at radius 2 is 1.94 bits per heavy atom. The van der Waals surface area contributed by atoms with Gasteiger partial charge in [-0.25, -0.2) is 14.6 Å². The number of carboxylic acid groups (broad SMARTS) is 1. The minimum atomic E-state index is -1.01. The SMILES string of the molecule is O=C(O)COCCNC(=O)NN1CCCCC1. The molecule has 0 bridgehead atoms. The highest BCUT2D eigenvalue weighted by molar-refractivity contribution is 5.73. The van der Waals surface area contributed by atoms with Gasteiger partial charge in [0.2, 0.25) is 0 Å². The van der Waals surface area contributed by atoms with Crippen molar-refractivity contribution in [3.63, 3.8) is 0 Å². The highest BCUT2D eigenvalue weighted by Crippen LogP contribution is 2.05. The van der Waals surface area contributed by atoms with Gasteiger partial charge in [-0.1, -0.05) is 6.42 Å². The van der Waals surface area contributed by atoms with Crippen LogP contribution in [-0.2, 0) is 9.53 Å². The summed E-state index contributed by atoms with van der Waals surface area (Å²) in [6.45, 7) is 1.91. The van der Waals surface area contributed by atoms with Gasteiger partial charge in [-0.2, -0.15) is 0 Å².